The molecule has 2 N–H and O–H groups in total. The summed E-state index contributed by atoms with van der Waals surface area (Å²) < 4.78 is 0. The second kappa shape index (κ2) is 12.3. The lowest BCUT2D eigenvalue weighted by atomic mass is 9.79. The number of phenols is 1. The van der Waals surface area contributed by atoms with Crippen LogP contribution in [0.15, 0.2) is 54.6 Å². The van der Waals surface area contributed by atoms with Crippen molar-refractivity contribution in [3.05, 3.63) is 65.7 Å². The van der Waals surface area contributed by atoms with Gasteiger partial charge in [0.1, 0.15) is 5.75 Å². The van der Waals surface area contributed by atoms with Crippen molar-refractivity contribution >= 4 is 30.7 Å². The van der Waals surface area contributed by atoms with Crippen molar-refractivity contribution in [3.8, 4) is 5.75 Å². The Morgan fingerprint density at radius 2 is 1.74 bits per heavy atom. The highest BCUT2D eigenvalue weighted by molar-refractivity contribution is 5.85. The number of carbonyl (C=O) groups is 1. The molecule has 3 rings (SSSR count). The lowest BCUT2D eigenvalue weighted by Crippen LogP contribution is -2.53. The number of amides is 1. The summed E-state index contributed by atoms with van der Waals surface area (Å²) >= 11 is 0. The SMILES string of the molecule is CNCC(Cc1ccccc1)C(=O)N1CCC(c2cccc(O)c2)(N(C)C)CC1.Cl.Cl. The highest BCUT2D eigenvalue weighted by Crippen LogP contribution is 2.38. The Labute approximate surface area is 198 Å². The van der Waals surface area contributed by atoms with Gasteiger partial charge >= 0.3 is 0 Å². The third-order valence-electron chi connectivity index (χ3n) is 6.27. The minimum Gasteiger partial charge on any atom is -0.508 e. The molecule has 1 aliphatic heterocycles. The maximum absolute atomic E-state index is 13.3. The molecule has 1 aliphatic rings. The topological polar surface area (TPSA) is 55.8 Å². The van der Waals surface area contributed by atoms with Crippen LogP contribution in [0, 0.1) is 5.92 Å². The van der Waals surface area contributed by atoms with Gasteiger partial charge in [0.25, 0.3) is 0 Å². The van der Waals surface area contributed by atoms with Crippen LogP contribution in [0.3, 0.4) is 0 Å². The molecule has 0 spiro atoms. The standard InChI is InChI=1S/C24H33N3O2.2ClH/c1-25-18-20(16-19-8-5-4-6-9-19)23(29)27-14-12-24(13-15-27,26(2)3)21-10-7-11-22(28)17-21;;/h4-11,17,20,25,28H,12-16,18H2,1-3H3;2*1H. The van der Waals surface area contributed by atoms with Crippen LogP contribution >= 0.6 is 24.8 Å². The number of nitrogens with one attached hydrogen (secondary N) is 1. The van der Waals surface area contributed by atoms with E-state index in [0.29, 0.717) is 12.3 Å². The Kier molecular flexibility index (Phi) is 10.8. The fraction of sp³-hybridized carbons (Fsp3) is 0.458. The Bertz CT molecular complexity index is 809. The van der Waals surface area contributed by atoms with Gasteiger partial charge in [-0.05, 0) is 63.7 Å². The summed E-state index contributed by atoms with van der Waals surface area (Å²) in [5.41, 5.74) is 2.15. The average Bonchev–Trinajstić information content (AvgIpc) is 2.73. The van der Waals surface area contributed by atoms with Crippen molar-refractivity contribution in [2.24, 2.45) is 5.92 Å². The van der Waals surface area contributed by atoms with Crippen LogP contribution in [-0.2, 0) is 16.8 Å². The highest BCUT2D eigenvalue weighted by atomic mass is 35.5. The maximum atomic E-state index is 13.3. The van der Waals surface area contributed by atoms with Crippen molar-refractivity contribution in [3.63, 3.8) is 0 Å². The molecule has 1 unspecified atom stereocenters. The summed E-state index contributed by atoms with van der Waals surface area (Å²) in [5, 5.41) is 13.2. The molecule has 0 radical (unpaired) electrons. The number of benzene rings is 2. The van der Waals surface area contributed by atoms with Gasteiger partial charge in [-0.25, -0.2) is 0 Å². The van der Waals surface area contributed by atoms with Gasteiger partial charge in [-0.2, -0.15) is 0 Å². The Balaban J connectivity index is 0.00000240. The number of carbonyl (C=O) groups excluding carboxylic acids is 1. The van der Waals surface area contributed by atoms with E-state index in [2.05, 4.69) is 42.5 Å². The molecule has 2 aromatic rings. The van der Waals surface area contributed by atoms with Gasteiger partial charge in [0.05, 0.1) is 5.92 Å². The molecular weight excluding hydrogens is 433 g/mol. The van der Waals surface area contributed by atoms with Crippen LogP contribution in [0.1, 0.15) is 24.0 Å². The number of rotatable bonds is 7. The minimum atomic E-state index is -0.159. The molecule has 1 atom stereocenters. The Hall–Kier alpha value is -1.79. The predicted molar refractivity (Wildman–Crippen MR) is 131 cm³/mol. The molecule has 172 valence electrons. The third-order valence-corrected chi connectivity index (χ3v) is 6.27. The molecule has 7 heteroatoms. The van der Waals surface area contributed by atoms with E-state index in [9.17, 15) is 9.90 Å². The zero-order chi connectivity index (χ0) is 20.9. The second-order valence-electron chi connectivity index (χ2n) is 8.25. The van der Waals surface area contributed by atoms with Crippen LogP contribution < -0.4 is 5.32 Å². The predicted octanol–water partition coefficient (Wildman–Crippen LogP) is 3.69. The summed E-state index contributed by atoms with van der Waals surface area (Å²) in [6, 6.07) is 17.8. The first-order valence-corrected chi connectivity index (χ1v) is 10.4. The van der Waals surface area contributed by atoms with E-state index in [4.69, 9.17) is 0 Å². The van der Waals surface area contributed by atoms with E-state index in [1.807, 2.05) is 42.3 Å². The first kappa shape index (κ1) is 27.2. The van der Waals surface area contributed by atoms with Gasteiger partial charge in [0, 0.05) is 25.2 Å². The second-order valence-corrected chi connectivity index (χ2v) is 8.25. The summed E-state index contributed by atoms with van der Waals surface area (Å²) in [4.78, 5) is 17.6. The molecule has 1 heterocycles. The Morgan fingerprint density at radius 3 is 2.29 bits per heavy atom. The number of hydrogen-bond donors (Lipinski definition) is 2. The van der Waals surface area contributed by atoms with E-state index >= 15 is 0 Å². The van der Waals surface area contributed by atoms with Crippen molar-refractivity contribution < 1.29 is 9.90 Å². The summed E-state index contributed by atoms with van der Waals surface area (Å²) in [7, 11) is 6.07. The summed E-state index contributed by atoms with van der Waals surface area (Å²) in [6.45, 7) is 2.12. The molecule has 0 aromatic heterocycles. The third kappa shape index (κ3) is 6.36. The number of halogens is 2. The summed E-state index contributed by atoms with van der Waals surface area (Å²) in [5.74, 6) is 0.459. The normalized spacial score (nSPS) is 16.2. The molecule has 0 saturated carbocycles. The zero-order valence-electron chi connectivity index (χ0n) is 18.6. The molecule has 1 saturated heterocycles. The maximum Gasteiger partial charge on any atom is 0.227 e. The fourth-order valence-corrected chi connectivity index (χ4v) is 4.54. The van der Waals surface area contributed by atoms with E-state index in [0.717, 1.165) is 37.9 Å². The number of piperidine rings is 1. The molecule has 0 bridgehead atoms. The van der Waals surface area contributed by atoms with Crippen LogP contribution in [0.25, 0.3) is 0 Å². The van der Waals surface area contributed by atoms with Gasteiger partial charge in [-0.1, -0.05) is 42.5 Å². The average molecular weight is 468 g/mol. The molecule has 0 aliphatic carbocycles. The largest absolute Gasteiger partial charge is 0.508 e. The van der Waals surface area contributed by atoms with Crippen LogP contribution in [0.4, 0.5) is 0 Å². The van der Waals surface area contributed by atoms with E-state index in [1.54, 1.807) is 6.07 Å². The number of nitrogens with zero attached hydrogens (tertiary/aromatic N) is 2. The van der Waals surface area contributed by atoms with Gasteiger partial charge in [-0.15, -0.1) is 24.8 Å². The number of hydrogen-bond acceptors (Lipinski definition) is 4. The molecule has 1 fully saturated rings. The van der Waals surface area contributed by atoms with Crippen LogP contribution in [-0.4, -0.2) is 61.6 Å². The van der Waals surface area contributed by atoms with E-state index in [-0.39, 0.29) is 42.2 Å². The zero-order valence-corrected chi connectivity index (χ0v) is 20.2. The molecule has 31 heavy (non-hydrogen) atoms. The fourth-order valence-electron chi connectivity index (χ4n) is 4.54. The minimum absolute atomic E-state index is 0. The summed E-state index contributed by atoms with van der Waals surface area (Å²) in [6.07, 6.45) is 2.46. The van der Waals surface area contributed by atoms with Crippen LogP contribution in [0.5, 0.6) is 5.75 Å². The van der Waals surface area contributed by atoms with Crippen LogP contribution in [0.2, 0.25) is 0 Å². The highest BCUT2D eigenvalue weighted by Gasteiger charge is 2.40. The van der Waals surface area contributed by atoms with Gasteiger partial charge in [-0.3, -0.25) is 9.69 Å². The van der Waals surface area contributed by atoms with E-state index in [1.165, 1.54) is 5.56 Å². The lowest BCUT2D eigenvalue weighted by Gasteiger charge is -2.47. The van der Waals surface area contributed by atoms with Crippen molar-refractivity contribution in [1.82, 2.24) is 15.1 Å². The first-order valence-electron chi connectivity index (χ1n) is 10.4. The van der Waals surface area contributed by atoms with E-state index < -0.39 is 0 Å². The number of likely N-dealkylation sites (tertiary alicyclic amines) is 1. The quantitative estimate of drug-likeness (QED) is 0.651. The molecular formula is C24H35Cl2N3O2. The number of phenolic OH excluding ortho intramolecular Hbond substituents is 1. The molecule has 5 nitrogen and oxygen atoms in total. The van der Waals surface area contributed by atoms with Crippen molar-refractivity contribution in [2.45, 2.75) is 24.8 Å². The monoisotopic (exact) mass is 467 g/mol. The smallest absolute Gasteiger partial charge is 0.227 e. The Morgan fingerprint density at radius 1 is 1.10 bits per heavy atom. The first-order chi connectivity index (χ1) is 14.0. The van der Waals surface area contributed by atoms with Gasteiger partial charge in [0.15, 0.2) is 0 Å². The van der Waals surface area contributed by atoms with Crippen molar-refractivity contribution in [1.29, 1.82) is 0 Å². The lowest BCUT2D eigenvalue weighted by molar-refractivity contribution is -0.138. The van der Waals surface area contributed by atoms with Gasteiger partial charge in [0.2, 0.25) is 5.91 Å². The molecule has 2 aromatic carbocycles. The molecule has 1 amide bonds. The van der Waals surface area contributed by atoms with Gasteiger partial charge < -0.3 is 15.3 Å². The van der Waals surface area contributed by atoms with Crippen molar-refractivity contribution in [2.75, 3.05) is 40.8 Å². The number of aromatic hydroxyl groups is 1.